The molecule has 0 fully saturated rings. The summed E-state index contributed by atoms with van der Waals surface area (Å²) in [5.74, 6) is 0.694. The van der Waals surface area contributed by atoms with E-state index >= 15 is 0 Å². The molecule has 32 heavy (non-hydrogen) atoms. The highest BCUT2D eigenvalue weighted by Crippen LogP contribution is 2.32. The molecule has 0 spiro atoms. The molecule has 1 amide bonds. The van der Waals surface area contributed by atoms with E-state index in [1.807, 2.05) is 6.92 Å². The molecule has 7 nitrogen and oxygen atoms in total. The number of aryl methyl sites for hydroxylation is 1. The largest absolute Gasteiger partial charge is 0.490 e. The van der Waals surface area contributed by atoms with Crippen molar-refractivity contribution in [2.24, 2.45) is 0 Å². The fourth-order valence-electron chi connectivity index (χ4n) is 3.32. The predicted molar refractivity (Wildman–Crippen MR) is 123 cm³/mol. The fourth-order valence-corrected chi connectivity index (χ4v) is 4.74. The first-order valence-corrected chi connectivity index (χ1v) is 11.7. The molecular formula is C24H24N2O5S. The normalized spacial score (nSPS) is 13.2. The van der Waals surface area contributed by atoms with Gasteiger partial charge in [0, 0.05) is 18.2 Å². The van der Waals surface area contributed by atoms with Crippen molar-refractivity contribution in [2.75, 3.05) is 29.4 Å². The van der Waals surface area contributed by atoms with Gasteiger partial charge in [-0.2, -0.15) is 0 Å². The Morgan fingerprint density at radius 1 is 0.938 bits per heavy atom. The maximum absolute atomic E-state index is 13.4. The minimum Gasteiger partial charge on any atom is -0.490 e. The van der Waals surface area contributed by atoms with E-state index in [-0.39, 0.29) is 11.4 Å². The van der Waals surface area contributed by atoms with Gasteiger partial charge >= 0.3 is 0 Å². The molecule has 0 aliphatic carbocycles. The van der Waals surface area contributed by atoms with E-state index in [0.717, 1.165) is 16.3 Å². The molecule has 1 heterocycles. The number of nitrogens with zero attached hydrogens (tertiary/aromatic N) is 1. The van der Waals surface area contributed by atoms with Gasteiger partial charge in [0.25, 0.3) is 10.0 Å². The number of hydrogen-bond donors (Lipinski definition) is 1. The van der Waals surface area contributed by atoms with Crippen molar-refractivity contribution in [2.45, 2.75) is 18.2 Å². The first-order valence-electron chi connectivity index (χ1n) is 10.3. The number of hydrogen-bond acceptors (Lipinski definition) is 5. The quantitative estimate of drug-likeness (QED) is 0.611. The van der Waals surface area contributed by atoms with Gasteiger partial charge in [0.05, 0.1) is 23.8 Å². The molecule has 166 valence electrons. The van der Waals surface area contributed by atoms with Gasteiger partial charge in [0.2, 0.25) is 5.91 Å². The predicted octanol–water partition coefficient (Wildman–Crippen LogP) is 3.99. The van der Waals surface area contributed by atoms with Crippen LogP contribution in [0.1, 0.15) is 12.0 Å². The number of carbonyl (C=O) groups is 1. The summed E-state index contributed by atoms with van der Waals surface area (Å²) in [6.45, 7) is 2.60. The van der Waals surface area contributed by atoms with Crippen LogP contribution in [0, 0.1) is 6.92 Å². The summed E-state index contributed by atoms with van der Waals surface area (Å²) in [5, 5.41) is 2.76. The van der Waals surface area contributed by atoms with Crippen LogP contribution >= 0.6 is 0 Å². The Kier molecular flexibility index (Phi) is 6.32. The average Bonchev–Trinajstić information content (AvgIpc) is 3.03. The van der Waals surface area contributed by atoms with Crippen LogP contribution in [0.25, 0.3) is 0 Å². The molecule has 0 saturated carbocycles. The zero-order valence-corrected chi connectivity index (χ0v) is 18.5. The number of para-hydroxylation sites is 1. The molecule has 0 bridgehead atoms. The van der Waals surface area contributed by atoms with Crippen molar-refractivity contribution in [1.29, 1.82) is 0 Å². The topological polar surface area (TPSA) is 84.9 Å². The third-order valence-corrected chi connectivity index (χ3v) is 6.76. The summed E-state index contributed by atoms with van der Waals surface area (Å²) in [6.07, 6.45) is 0.777. The number of nitrogens with one attached hydrogen (secondary N) is 1. The van der Waals surface area contributed by atoms with Crippen LogP contribution in [0.4, 0.5) is 11.4 Å². The Labute approximate surface area is 187 Å². The Bertz CT molecular complexity index is 1190. The van der Waals surface area contributed by atoms with E-state index < -0.39 is 15.9 Å². The summed E-state index contributed by atoms with van der Waals surface area (Å²) in [7, 11) is -3.95. The monoisotopic (exact) mass is 452 g/mol. The van der Waals surface area contributed by atoms with E-state index in [2.05, 4.69) is 5.32 Å². The third kappa shape index (κ3) is 4.86. The zero-order valence-electron chi connectivity index (χ0n) is 17.7. The Hall–Kier alpha value is -3.52. The lowest BCUT2D eigenvalue weighted by Gasteiger charge is -2.24. The summed E-state index contributed by atoms with van der Waals surface area (Å²) in [6, 6.07) is 20.2. The van der Waals surface area contributed by atoms with Crippen LogP contribution < -0.4 is 19.1 Å². The molecule has 0 atom stereocenters. The van der Waals surface area contributed by atoms with Gasteiger partial charge in [-0.3, -0.25) is 9.10 Å². The number of fused-ring (bicyclic) bond motifs is 1. The number of sulfonamides is 1. The lowest BCUT2D eigenvalue weighted by molar-refractivity contribution is -0.114. The van der Waals surface area contributed by atoms with E-state index in [1.54, 1.807) is 72.8 Å². The molecule has 0 unspecified atom stereocenters. The van der Waals surface area contributed by atoms with Gasteiger partial charge in [0.15, 0.2) is 11.5 Å². The van der Waals surface area contributed by atoms with Gasteiger partial charge in [-0.1, -0.05) is 35.9 Å². The second-order valence-electron chi connectivity index (χ2n) is 7.42. The van der Waals surface area contributed by atoms with Gasteiger partial charge in [-0.25, -0.2) is 8.42 Å². The summed E-state index contributed by atoms with van der Waals surface area (Å²) in [4.78, 5) is 13.0. The minimum absolute atomic E-state index is 0.121. The molecule has 0 aromatic heterocycles. The number of amides is 1. The van der Waals surface area contributed by atoms with E-state index in [0.29, 0.717) is 36.1 Å². The number of rotatable bonds is 6. The Balaban J connectivity index is 1.58. The van der Waals surface area contributed by atoms with Gasteiger partial charge in [0.1, 0.15) is 6.54 Å². The minimum atomic E-state index is -3.95. The molecule has 0 saturated heterocycles. The number of carbonyl (C=O) groups excluding carboxylic acids is 1. The first-order chi connectivity index (χ1) is 15.4. The number of ether oxygens (including phenoxy) is 2. The highest BCUT2D eigenvalue weighted by Gasteiger charge is 2.27. The standard InChI is InChI=1S/C24H24N2O5S/c1-18-8-11-21(12-9-18)32(28,29)26(20-6-3-2-4-7-20)17-24(27)25-19-10-13-22-23(16-19)31-15-5-14-30-22/h2-4,6-13,16H,5,14-15,17H2,1H3,(H,25,27). The Morgan fingerprint density at radius 3 is 2.34 bits per heavy atom. The van der Waals surface area contributed by atoms with Crippen LogP contribution in [-0.4, -0.2) is 34.1 Å². The highest BCUT2D eigenvalue weighted by atomic mass is 32.2. The second-order valence-corrected chi connectivity index (χ2v) is 9.28. The second kappa shape index (κ2) is 9.32. The van der Waals surface area contributed by atoms with E-state index in [4.69, 9.17) is 9.47 Å². The summed E-state index contributed by atoms with van der Waals surface area (Å²) >= 11 is 0. The fraction of sp³-hybridized carbons (Fsp3) is 0.208. The maximum atomic E-state index is 13.4. The van der Waals surface area contributed by atoms with Gasteiger partial charge < -0.3 is 14.8 Å². The number of benzene rings is 3. The van der Waals surface area contributed by atoms with Crippen molar-refractivity contribution >= 4 is 27.3 Å². The molecule has 4 rings (SSSR count). The lowest BCUT2D eigenvalue weighted by Crippen LogP contribution is -2.38. The summed E-state index contributed by atoms with van der Waals surface area (Å²) in [5.41, 5.74) is 1.85. The van der Waals surface area contributed by atoms with Crippen molar-refractivity contribution in [3.05, 3.63) is 78.4 Å². The molecule has 1 N–H and O–H groups in total. The zero-order chi connectivity index (χ0) is 22.6. The van der Waals surface area contributed by atoms with Crippen LogP contribution in [0.5, 0.6) is 11.5 Å². The molecule has 8 heteroatoms. The van der Waals surface area contributed by atoms with Gasteiger partial charge in [-0.15, -0.1) is 0 Å². The van der Waals surface area contributed by atoms with Crippen LogP contribution in [-0.2, 0) is 14.8 Å². The van der Waals surface area contributed by atoms with Crippen LogP contribution in [0.15, 0.2) is 77.7 Å². The van der Waals surface area contributed by atoms with Crippen molar-refractivity contribution in [3.63, 3.8) is 0 Å². The average molecular weight is 453 g/mol. The van der Waals surface area contributed by atoms with Gasteiger partial charge in [-0.05, 0) is 43.3 Å². The van der Waals surface area contributed by atoms with Crippen molar-refractivity contribution < 1.29 is 22.7 Å². The molecule has 3 aromatic rings. The third-order valence-electron chi connectivity index (χ3n) is 4.97. The van der Waals surface area contributed by atoms with Crippen molar-refractivity contribution in [1.82, 2.24) is 0 Å². The molecule has 1 aliphatic heterocycles. The lowest BCUT2D eigenvalue weighted by atomic mass is 10.2. The number of anilines is 2. The smallest absolute Gasteiger partial charge is 0.264 e. The molecule has 1 aliphatic rings. The van der Waals surface area contributed by atoms with Crippen molar-refractivity contribution in [3.8, 4) is 11.5 Å². The van der Waals surface area contributed by atoms with Crippen LogP contribution in [0.3, 0.4) is 0 Å². The molecular weight excluding hydrogens is 428 g/mol. The SMILES string of the molecule is Cc1ccc(S(=O)(=O)N(CC(=O)Nc2ccc3c(c2)OCCCO3)c2ccccc2)cc1. The van der Waals surface area contributed by atoms with E-state index in [1.165, 1.54) is 0 Å². The van der Waals surface area contributed by atoms with Crippen LogP contribution in [0.2, 0.25) is 0 Å². The highest BCUT2D eigenvalue weighted by molar-refractivity contribution is 7.92. The summed E-state index contributed by atoms with van der Waals surface area (Å²) < 4.78 is 39.1. The first kappa shape index (κ1) is 21.7. The maximum Gasteiger partial charge on any atom is 0.264 e. The molecule has 3 aromatic carbocycles. The molecule has 0 radical (unpaired) electrons. The van der Waals surface area contributed by atoms with E-state index in [9.17, 15) is 13.2 Å². The Morgan fingerprint density at radius 2 is 1.62 bits per heavy atom.